The fraction of sp³-hybridized carbons (Fsp3) is 0.217. The number of nitrogens with one attached hydrogen (secondary N) is 1. The number of ether oxygens (including phenoxy) is 2. The predicted molar refractivity (Wildman–Crippen MR) is 114 cm³/mol. The molecule has 1 aromatic heterocycles. The molecule has 8 nitrogen and oxygen atoms in total. The van der Waals surface area contributed by atoms with Gasteiger partial charge < -0.3 is 14.8 Å². The average molecular weight is 490 g/mol. The third-order valence-electron chi connectivity index (χ3n) is 5.44. The fourth-order valence-corrected chi connectivity index (χ4v) is 3.84. The molecule has 0 spiro atoms. The molecule has 182 valence electrons. The zero-order valence-electron chi connectivity index (χ0n) is 18.1. The first-order valence-corrected chi connectivity index (χ1v) is 10.3. The molecule has 2 heterocycles. The normalized spacial score (nSPS) is 17.5. The summed E-state index contributed by atoms with van der Waals surface area (Å²) < 4.78 is 63.7. The average Bonchev–Trinajstić information content (AvgIpc) is 3.14. The molecule has 2 amide bonds. The lowest BCUT2D eigenvalue weighted by molar-refractivity contribution is -0.118. The van der Waals surface area contributed by atoms with E-state index in [0.29, 0.717) is 0 Å². The minimum Gasteiger partial charge on any atom is -0.497 e. The molecule has 1 fully saturated rings. The van der Waals surface area contributed by atoms with Crippen LogP contribution in [0.25, 0.3) is 0 Å². The Balaban J connectivity index is 1.66. The number of benzene rings is 2. The maximum absolute atomic E-state index is 14.9. The molecular weight excluding hydrogens is 472 g/mol. The summed E-state index contributed by atoms with van der Waals surface area (Å²) in [6, 6.07) is 8.38. The monoisotopic (exact) mass is 490 g/mol. The Kier molecular flexibility index (Phi) is 6.80. The summed E-state index contributed by atoms with van der Waals surface area (Å²) in [5.41, 5.74) is -0.386. The molecule has 0 aliphatic carbocycles. The van der Waals surface area contributed by atoms with Crippen molar-refractivity contribution in [1.29, 1.82) is 0 Å². The van der Waals surface area contributed by atoms with Crippen molar-refractivity contribution in [3.63, 3.8) is 0 Å². The number of methoxy groups -OCH3 is 1. The molecule has 1 saturated heterocycles. The van der Waals surface area contributed by atoms with Crippen LogP contribution in [0.5, 0.6) is 11.5 Å². The lowest BCUT2D eigenvalue weighted by Crippen LogP contribution is -2.44. The molecule has 0 radical (unpaired) electrons. The first-order chi connectivity index (χ1) is 16.8. The third kappa shape index (κ3) is 5.00. The van der Waals surface area contributed by atoms with E-state index in [4.69, 9.17) is 4.74 Å². The second-order valence-electron chi connectivity index (χ2n) is 7.50. The largest absolute Gasteiger partial charge is 0.497 e. The molecule has 2 atom stereocenters. The minimum absolute atomic E-state index is 0.0202. The number of aromatic nitrogens is 2. The number of halogens is 4. The third-order valence-corrected chi connectivity index (χ3v) is 5.44. The van der Waals surface area contributed by atoms with Crippen LogP contribution in [0.4, 0.5) is 23.4 Å². The summed E-state index contributed by atoms with van der Waals surface area (Å²) in [7, 11) is 1.25. The van der Waals surface area contributed by atoms with E-state index < -0.39 is 47.6 Å². The Morgan fingerprint density at radius 1 is 1.11 bits per heavy atom. The van der Waals surface area contributed by atoms with Crippen LogP contribution in [-0.4, -0.2) is 48.3 Å². The molecule has 2 aromatic carbocycles. The Labute approximate surface area is 196 Å². The van der Waals surface area contributed by atoms with Gasteiger partial charge in [-0.3, -0.25) is 14.5 Å². The number of amides is 2. The fourth-order valence-electron chi connectivity index (χ4n) is 3.84. The van der Waals surface area contributed by atoms with Gasteiger partial charge in [0.2, 0.25) is 0 Å². The van der Waals surface area contributed by atoms with E-state index in [-0.39, 0.29) is 29.4 Å². The van der Waals surface area contributed by atoms with Gasteiger partial charge in [0, 0.05) is 41.9 Å². The first-order valence-electron chi connectivity index (χ1n) is 10.3. The van der Waals surface area contributed by atoms with Crippen molar-refractivity contribution < 1.29 is 36.6 Å². The van der Waals surface area contributed by atoms with Gasteiger partial charge in [0.25, 0.3) is 11.8 Å². The van der Waals surface area contributed by atoms with Crippen LogP contribution in [0.3, 0.4) is 0 Å². The molecule has 1 N–H and O–H groups in total. The standard InChI is InChI=1S/C23H18F4N4O4/c1-34-14-9-16(24)19(17(25)10-14)15-11-31(18-3-2-8-28-30-18)22(33)20(15)29-21(32)12-4-6-13(7-5-12)35-23(26)27/h2-10,15,20,23H,11H2,1H3,(H,29,32)/t15-,20-/m0/s1. The lowest BCUT2D eigenvalue weighted by Gasteiger charge is -2.20. The van der Waals surface area contributed by atoms with E-state index in [1.807, 2.05) is 0 Å². The number of hydrogen-bond donors (Lipinski definition) is 1. The van der Waals surface area contributed by atoms with Crippen LogP contribution in [0.2, 0.25) is 0 Å². The van der Waals surface area contributed by atoms with E-state index in [1.165, 1.54) is 42.5 Å². The Bertz CT molecular complexity index is 1200. The summed E-state index contributed by atoms with van der Waals surface area (Å²) in [6.07, 6.45) is 1.39. The highest BCUT2D eigenvalue weighted by atomic mass is 19.3. The van der Waals surface area contributed by atoms with E-state index in [2.05, 4.69) is 20.3 Å². The van der Waals surface area contributed by atoms with Gasteiger partial charge in [0.05, 0.1) is 7.11 Å². The van der Waals surface area contributed by atoms with Gasteiger partial charge in [0.15, 0.2) is 5.82 Å². The number of carbonyl (C=O) groups is 2. The SMILES string of the molecule is COc1cc(F)c([C@@H]2CN(c3cccnn3)C(=O)[C@H]2NC(=O)c2ccc(OC(F)F)cc2)c(F)c1. The number of carbonyl (C=O) groups excluding carboxylic acids is 2. The molecule has 0 saturated carbocycles. The van der Waals surface area contributed by atoms with Crippen molar-refractivity contribution in [1.82, 2.24) is 15.5 Å². The molecule has 12 heteroatoms. The predicted octanol–water partition coefficient (Wildman–Crippen LogP) is 3.29. The van der Waals surface area contributed by atoms with Crippen molar-refractivity contribution in [2.75, 3.05) is 18.6 Å². The van der Waals surface area contributed by atoms with Crippen LogP contribution in [-0.2, 0) is 4.79 Å². The van der Waals surface area contributed by atoms with Crippen LogP contribution in [0, 0.1) is 11.6 Å². The van der Waals surface area contributed by atoms with E-state index in [9.17, 15) is 27.2 Å². The van der Waals surface area contributed by atoms with Gasteiger partial charge in [0.1, 0.15) is 29.2 Å². The van der Waals surface area contributed by atoms with Crippen LogP contribution in [0.1, 0.15) is 21.8 Å². The van der Waals surface area contributed by atoms with Crippen molar-refractivity contribution in [3.05, 3.63) is 77.5 Å². The van der Waals surface area contributed by atoms with E-state index >= 15 is 0 Å². The van der Waals surface area contributed by atoms with Crippen molar-refractivity contribution in [3.8, 4) is 11.5 Å². The number of alkyl halides is 2. The molecule has 35 heavy (non-hydrogen) atoms. The molecule has 4 rings (SSSR count). The smallest absolute Gasteiger partial charge is 0.387 e. The maximum Gasteiger partial charge on any atom is 0.387 e. The van der Waals surface area contributed by atoms with Crippen molar-refractivity contribution in [2.24, 2.45) is 0 Å². The van der Waals surface area contributed by atoms with Crippen LogP contribution < -0.4 is 19.7 Å². The molecular formula is C23H18F4N4O4. The Hall–Kier alpha value is -4.22. The molecule has 0 bridgehead atoms. The van der Waals surface area contributed by atoms with Gasteiger partial charge in [-0.25, -0.2) is 8.78 Å². The minimum atomic E-state index is -3.03. The molecule has 1 aliphatic rings. The number of anilines is 1. The summed E-state index contributed by atoms with van der Waals surface area (Å²) in [5.74, 6) is -4.51. The zero-order chi connectivity index (χ0) is 25.1. The maximum atomic E-state index is 14.9. The van der Waals surface area contributed by atoms with Gasteiger partial charge in [-0.05, 0) is 36.4 Å². The summed E-state index contributed by atoms with van der Waals surface area (Å²) >= 11 is 0. The number of nitrogens with zero attached hydrogens (tertiary/aromatic N) is 3. The molecule has 0 unspecified atom stereocenters. The summed E-state index contributed by atoms with van der Waals surface area (Å²) in [6.45, 7) is -3.23. The highest BCUT2D eigenvalue weighted by molar-refractivity contribution is 6.04. The number of hydrogen-bond acceptors (Lipinski definition) is 6. The lowest BCUT2D eigenvalue weighted by atomic mass is 9.92. The van der Waals surface area contributed by atoms with Gasteiger partial charge in [-0.15, -0.1) is 5.10 Å². The highest BCUT2D eigenvalue weighted by Crippen LogP contribution is 2.36. The van der Waals surface area contributed by atoms with Crippen molar-refractivity contribution in [2.45, 2.75) is 18.6 Å². The summed E-state index contributed by atoms with van der Waals surface area (Å²) in [4.78, 5) is 27.3. The Morgan fingerprint density at radius 3 is 2.37 bits per heavy atom. The van der Waals surface area contributed by atoms with Crippen LogP contribution >= 0.6 is 0 Å². The second kappa shape index (κ2) is 9.95. The Morgan fingerprint density at radius 2 is 1.80 bits per heavy atom. The number of rotatable bonds is 7. The highest BCUT2D eigenvalue weighted by Gasteiger charge is 2.45. The van der Waals surface area contributed by atoms with Gasteiger partial charge in [-0.2, -0.15) is 13.9 Å². The van der Waals surface area contributed by atoms with Gasteiger partial charge in [-0.1, -0.05) is 0 Å². The zero-order valence-corrected chi connectivity index (χ0v) is 18.1. The van der Waals surface area contributed by atoms with Gasteiger partial charge >= 0.3 is 6.61 Å². The van der Waals surface area contributed by atoms with Crippen LogP contribution in [0.15, 0.2) is 54.7 Å². The molecule has 3 aromatic rings. The quantitative estimate of drug-likeness (QED) is 0.511. The van der Waals surface area contributed by atoms with E-state index in [1.54, 1.807) is 0 Å². The van der Waals surface area contributed by atoms with E-state index in [0.717, 1.165) is 24.3 Å². The second-order valence-corrected chi connectivity index (χ2v) is 7.50. The molecule has 1 aliphatic heterocycles. The first kappa shape index (κ1) is 23.9. The van der Waals surface area contributed by atoms with Crippen molar-refractivity contribution >= 4 is 17.6 Å². The summed E-state index contributed by atoms with van der Waals surface area (Å²) in [5, 5.41) is 10.1. The topological polar surface area (TPSA) is 93.6 Å².